The molecule has 132 valence electrons. The van der Waals surface area contributed by atoms with E-state index in [1.165, 1.54) is 26.4 Å². The van der Waals surface area contributed by atoms with Crippen LogP contribution in [-0.2, 0) is 14.3 Å². The lowest BCUT2D eigenvalue weighted by molar-refractivity contribution is -0.136. The van der Waals surface area contributed by atoms with Gasteiger partial charge < -0.3 is 20.1 Å². The van der Waals surface area contributed by atoms with Crippen molar-refractivity contribution in [2.24, 2.45) is 0 Å². The first kappa shape index (κ1) is 18.4. The molecule has 0 aliphatic heterocycles. The number of hydrogen-bond donors (Lipinski definition) is 2. The van der Waals surface area contributed by atoms with Gasteiger partial charge in [-0.3, -0.25) is 9.59 Å². The quantitative estimate of drug-likeness (QED) is 0.787. The molecule has 0 aliphatic carbocycles. The Hall–Kier alpha value is -2.93. The Morgan fingerprint density at radius 3 is 2.52 bits per heavy atom. The maximum atomic E-state index is 13.3. The van der Waals surface area contributed by atoms with Crippen LogP contribution >= 0.6 is 0 Å². The summed E-state index contributed by atoms with van der Waals surface area (Å²) < 4.78 is 23.6. The number of anilines is 1. The van der Waals surface area contributed by atoms with Gasteiger partial charge in [0.25, 0.3) is 0 Å². The molecule has 0 aliphatic rings. The highest BCUT2D eigenvalue weighted by Gasteiger charge is 2.18. The van der Waals surface area contributed by atoms with Crippen molar-refractivity contribution in [1.29, 1.82) is 0 Å². The van der Waals surface area contributed by atoms with Crippen molar-refractivity contribution < 1.29 is 23.5 Å². The van der Waals surface area contributed by atoms with Gasteiger partial charge in [-0.2, -0.15) is 0 Å². The zero-order valence-electron chi connectivity index (χ0n) is 13.9. The summed E-state index contributed by atoms with van der Waals surface area (Å²) in [5, 5.41) is 4.94. The fraction of sp³-hybridized carbons (Fsp3) is 0.222. The van der Waals surface area contributed by atoms with Gasteiger partial charge in [-0.05, 0) is 29.8 Å². The Bertz CT molecular complexity index is 751. The van der Waals surface area contributed by atoms with Gasteiger partial charge in [0.05, 0.1) is 18.9 Å². The van der Waals surface area contributed by atoms with E-state index < -0.39 is 23.7 Å². The molecule has 2 aromatic rings. The lowest BCUT2D eigenvalue weighted by atomic mass is 10.1. The van der Waals surface area contributed by atoms with Gasteiger partial charge in [0, 0.05) is 13.7 Å². The molecule has 25 heavy (non-hydrogen) atoms. The monoisotopic (exact) mass is 346 g/mol. The highest BCUT2D eigenvalue weighted by Crippen LogP contribution is 2.22. The standard InChI is InChI=1S/C18H19FN2O4/c1-24-15-9-4-3-8-14(15)21-18(23)17(22)20-11-16(25-2)12-6-5-7-13(19)10-12/h3-10,16H,11H2,1-2H3,(H,20,22)(H,21,23)/t16-/m1/s1. The van der Waals surface area contributed by atoms with E-state index in [-0.39, 0.29) is 6.54 Å². The Kier molecular flexibility index (Phi) is 6.47. The van der Waals surface area contributed by atoms with E-state index >= 15 is 0 Å². The molecule has 6 nitrogen and oxygen atoms in total. The summed E-state index contributed by atoms with van der Waals surface area (Å²) in [4.78, 5) is 24.0. The number of carbonyl (C=O) groups is 2. The molecule has 7 heteroatoms. The predicted molar refractivity (Wildman–Crippen MR) is 90.8 cm³/mol. The number of ether oxygens (including phenoxy) is 2. The second-order valence-corrected chi connectivity index (χ2v) is 5.14. The molecule has 2 N–H and O–H groups in total. The van der Waals surface area contributed by atoms with Gasteiger partial charge in [-0.15, -0.1) is 0 Å². The number of halogens is 1. The molecular weight excluding hydrogens is 327 g/mol. The van der Waals surface area contributed by atoms with Crippen molar-refractivity contribution >= 4 is 17.5 Å². The molecule has 2 amide bonds. The lowest BCUT2D eigenvalue weighted by Crippen LogP contribution is -2.38. The number of nitrogens with one attached hydrogen (secondary N) is 2. The van der Waals surface area contributed by atoms with Crippen LogP contribution in [0.15, 0.2) is 48.5 Å². The minimum Gasteiger partial charge on any atom is -0.495 e. The van der Waals surface area contributed by atoms with Gasteiger partial charge in [-0.25, -0.2) is 4.39 Å². The Morgan fingerprint density at radius 2 is 1.84 bits per heavy atom. The van der Waals surface area contributed by atoms with Crippen molar-refractivity contribution in [2.75, 3.05) is 26.1 Å². The van der Waals surface area contributed by atoms with Crippen LogP contribution in [0.2, 0.25) is 0 Å². The molecule has 0 unspecified atom stereocenters. The summed E-state index contributed by atoms with van der Waals surface area (Å²) in [6.07, 6.45) is -0.571. The van der Waals surface area contributed by atoms with Crippen LogP contribution in [-0.4, -0.2) is 32.6 Å². The number of benzene rings is 2. The third-order valence-corrected chi connectivity index (χ3v) is 3.51. The van der Waals surface area contributed by atoms with E-state index in [4.69, 9.17) is 9.47 Å². The largest absolute Gasteiger partial charge is 0.495 e. The van der Waals surface area contributed by atoms with Gasteiger partial charge >= 0.3 is 11.8 Å². The van der Waals surface area contributed by atoms with E-state index in [2.05, 4.69) is 10.6 Å². The summed E-state index contributed by atoms with van der Waals surface area (Å²) in [7, 11) is 2.91. The topological polar surface area (TPSA) is 76.7 Å². The fourth-order valence-electron chi connectivity index (χ4n) is 2.24. The van der Waals surface area contributed by atoms with Crippen LogP contribution in [0.5, 0.6) is 5.75 Å². The fourth-order valence-corrected chi connectivity index (χ4v) is 2.24. The number of para-hydroxylation sites is 2. The highest BCUT2D eigenvalue weighted by molar-refractivity contribution is 6.39. The zero-order valence-corrected chi connectivity index (χ0v) is 13.9. The molecule has 2 rings (SSSR count). The molecule has 0 saturated carbocycles. The predicted octanol–water partition coefficient (Wildman–Crippen LogP) is 2.28. The van der Waals surface area contributed by atoms with Gasteiger partial charge in [0.1, 0.15) is 11.6 Å². The number of hydrogen-bond acceptors (Lipinski definition) is 4. The minimum absolute atomic E-state index is 0.0259. The maximum Gasteiger partial charge on any atom is 0.313 e. The molecular formula is C18H19FN2O4. The Labute approximate surface area is 144 Å². The third kappa shape index (κ3) is 5.02. The van der Waals surface area contributed by atoms with Crippen LogP contribution in [0, 0.1) is 5.82 Å². The normalized spacial score (nSPS) is 11.5. The SMILES string of the molecule is COc1ccccc1NC(=O)C(=O)NC[C@@H](OC)c1cccc(F)c1. The summed E-state index contributed by atoms with van der Waals surface area (Å²) in [5.74, 6) is -1.62. The van der Waals surface area contributed by atoms with E-state index in [0.717, 1.165) is 0 Å². The minimum atomic E-state index is -0.835. The van der Waals surface area contributed by atoms with Crippen molar-refractivity contribution in [1.82, 2.24) is 5.32 Å². The molecule has 0 bridgehead atoms. The van der Waals surface area contributed by atoms with E-state index in [1.807, 2.05) is 0 Å². The Morgan fingerprint density at radius 1 is 1.08 bits per heavy atom. The summed E-state index contributed by atoms with van der Waals surface area (Å²) in [5.41, 5.74) is 0.950. The molecule has 0 heterocycles. The van der Waals surface area contributed by atoms with Crippen LogP contribution in [0.3, 0.4) is 0 Å². The van der Waals surface area contributed by atoms with E-state index in [0.29, 0.717) is 17.0 Å². The smallest absolute Gasteiger partial charge is 0.313 e. The molecule has 0 aromatic heterocycles. The average molecular weight is 346 g/mol. The summed E-state index contributed by atoms with van der Waals surface area (Å²) in [6, 6.07) is 12.6. The average Bonchev–Trinajstić information content (AvgIpc) is 2.62. The Balaban J connectivity index is 1.95. The van der Waals surface area contributed by atoms with Crippen molar-refractivity contribution in [3.05, 3.63) is 59.9 Å². The third-order valence-electron chi connectivity index (χ3n) is 3.51. The van der Waals surface area contributed by atoms with Crippen LogP contribution in [0.25, 0.3) is 0 Å². The van der Waals surface area contributed by atoms with Crippen LogP contribution < -0.4 is 15.4 Å². The molecule has 0 spiro atoms. The first-order valence-electron chi connectivity index (χ1n) is 7.55. The van der Waals surface area contributed by atoms with Crippen molar-refractivity contribution in [2.45, 2.75) is 6.10 Å². The highest BCUT2D eigenvalue weighted by atomic mass is 19.1. The first-order chi connectivity index (χ1) is 12.0. The number of rotatable bonds is 6. The van der Waals surface area contributed by atoms with Gasteiger partial charge in [0.2, 0.25) is 0 Å². The van der Waals surface area contributed by atoms with Crippen LogP contribution in [0.4, 0.5) is 10.1 Å². The number of carbonyl (C=O) groups excluding carboxylic acids is 2. The maximum absolute atomic E-state index is 13.3. The van der Waals surface area contributed by atoms with E-state index in [9.17, 15) is 14.0 Å². The lowest BCUT2D eigenvalue weighted by Gasteiger charge is -2.16. The van der Waals surface area contributed by atoms with Crippen LogP contribution in [0.1, 0.15) is 11.7 Å². The molecule has 1 atom stereocenters. The second kappa shape index (κ2) is 8.79. The summed E-state index contributed by atoms with van der Waals surface area (Å²) in [6.45, 7) is 0.0259. The van der Waals surface area contributed by atoms with Gasteiger partial charge in [0.15, 0.2) is 0 Å². The molecule has 2 aromatic carbocycles. The molecule has 0 saturated heterocycles. The van der Waals surface area contributed by atoms with Gasteiger partial charge in [-0.1, -0.05) is 24.3 Å². The van der Waals surface area contributed by atoms with Crippen molar-refractivity contribution in [3.63, 3.8) is 0 Å². The van der Waals surface area contributed by atoms with Crippen molar-refractivity contribution in [3.8, 4) is 5.75 Å². The first-order valence-corrected chi connectivity index (χ1v) is 7.55. The molecule has 0 fully saturated rings. The second-order valence-electron chi connectivity index (χ2n) is 5.14. The summed E-state index contributed by atoms with van der Waals surface area (Å²) >= 11 is 0. The number of amides is 2. The van der Waals surface area contributed by atoms with E-state index in [1.54, 1.807) is 36.4 Å². The zero-order chi connectivity index (χ0) is 18.2. The molecule has 0 radical (unpaired) electrons. The number of methoxy groups -OCH3 is 2.